The minimum absolute atomic E-state index is 0.0383. The van der Waals surface area contributed by atoms with Gasteiger partial charge >= 0.3 is 0 Å². The van der Waals surface area contributed by atoms with Gasteiger partial charge in [-0.3, -0.25) is 4.79 Å². The Morgan fingerprint density at radius 1 is 1.32 bits per heavy atom. The summed E-state index contributed by atoms with van der Waals surface area (Å²) in [5, 5.41) is 4.83. The summed E-state index contributed by atoms with van der Waals surface area (Å²) < 4.78 is 1.95. The van der Waals surface area contributed by atoms with Gasteiger partial charge in [0.25, 0.3) is 5.91 Å². The lowest BCUT2D eigenvalue weighted by Gasteiger charge is -2.22. The van der Waals surface area contributed by atoms with Crippen LogP contribution in [0.3, 0.4) is 0 Å². The number of hydrogen-bond donors (Lipinski definition) is 1. The van der Waals surface area contributed by atoms with E-state index in [0.29, 0.717) is 16.4 Å². The molecule has 25 heavy (non-hydrogen) atoms. The van der Waals surface area contributed by atoms with Crippen molar-refractivity contribution in [1.29, 1.82) is 0 Å². The second-order valence-corrected chi connectivity index (χ2v) is 6.79. The lowest BCUT2D eigenvalue weighted by Crippen LogP contribution is -2.33. The average molecular weight is 357 g/mol. The second kappa shape index (κ2) is 6.76. The van der Waals surface area contributed by atoms with Crippen LogP contribution in [0.1, 0.15) is 24.2 Å². The van der Waals surface area contributed by atoms with Crippen LogP contribution in [0.25, 0.3) is 10.9 Å². The normalized spacial score (nSPS) is 11.1. The Hall–Kier alpha value is -2.53. The monoisotopic (exact) mass is 356 g/mol. The molecule has 5 nitrogen and oxygen atoms in total. The van der Waals surface area contributed by atoms with E-state index in [-0.39, 0.29) is 11.9 Å². The molecule has 0 aliphatic rings. The van der Waals surface area contributed by atoms with Crippen molar-refractivity contribution in [3.63, 3.8) is 0 Å². The van der Waals surface area contributed by atoms with Crippen LogP contribution in [0.2, 0.25) is 5.02 Å². The third-order valence-electron chi connectivity index (χ3n) is 4.32. The van der Waals surface area contributed by atoms with Gasteiger partial charge in [0.2, 0.25) is 0 Å². The van der Waals surface area contributed by atoms with Crippen LogP contribution >= 0.6 is 11.6 Å². The molecular formula is C19H21ClN4O. The van der Waals surface area contributed by atoms with E-state index in [2.05, 4.69) is 10.3 Å². The van der Waals surface area contributed by atoms with Gasteiger partial charge < -0.3 is 14.8 Å². The molecule has 1 amide bonds. The van der Waals surface area contributed by atoms with Gasteiger partial charge in [0.1, 0.15) is 5.82 Å². The molecule has 2 aromatic heterocycles. The Morgan fingerprint density at radius 3 is 2.76 bits per heavy atom. The van der Waals surface area contributed by atoms with Crippen molar-refractivity contribution in [2.75, 3.05) is 12.4 Å². The number of fused-ring (bicyclic) bond motifs is 1. The summed E-state index contributed by atoms with van der Waals surface area (Å²) in [6, 6.07) is 9.54. The fourth-order valence-electron chi connectivity index (χ4n) is 2.70. The van der Waals surface area contributed by atoms with E-state index in [4.69, 9.17) is 11.6 Å². The topological polar surface area (TPSA) is 50.2 Å². The van der Waals surface area contributed by atoms with E-state index in [1.54, 1.807) is 18.1 Å². The Labute approximate surface area is 152 Å². The van der Waals surface area contributed by atoms with Crippen molar-refractivity contribution in [1.82, 2.24) is 14.5 Å². The van der Waals surface area contributed by atoms with Crippen molar-refractivity contribution < 1.29 is 4.79 Å². The fraction of sp³-hybridized carbons (Fsp3) is 0.263. The maximum Gasteiger partial charge on any atom is 0.257 e. The number of hydrogen-bond acceptors (Lipinski definition) is 3. The van der Waals surface area contributed by atoms with Crippen molar-refractivity contribution in [3.8, 4) is 0 Å². The number of nitrogens with zero attached hydrogens (tertiary/aromatic N) is 3. The van der Waals surface area contributed by atoms with Crippen LogP contribution in [0.15, 0.2) is 42.7 Å². The Bertz CT molecular complexity index is 932. The summed E-state index contributed by atoms with van der Waals surface area (Å²) in [6.07, 6.45) is 3.57. The largest absolute Gasteiger partial charge is 0.350 e. The van der Waals surface area contributed by atoms with Crippen molar-refractivity contribution >= 4 is 39.9 Å². The molecule has 1 aromatic carbocycles. The number of amides is 1. The highest BCUT2D eigenvalue weighted by atomic mass is 35.5. The molecule has 3 rings (SSSR count). The molecule has 0 saturated carbocycles. The number of nitrogens with one attached hydrogen (secondary N) is 1. The summed E-state index contributed by atoms with van der Waals surface area (Å²) >= 11 is 6.05. The van der Waals surface area contributed by atoms with Gasteiger partial charge in [-0.05, 0) is 38.1 Å². The molecule has 0 saturated heterocycles. The van der Waals surface area contributed by atoms with E-state index in [1.165, 1.54) is 0 Å². The summed E-state index contributed by atoms with van der Waals surface area (Å²) in [6.45, 7) is 3.98. The molecule has 0 spiro atoms. The van der Waals surface area contributed by atoms with E-state index < -0.39 is 0 Å². The average Bonchev–Trinajstić information content (AvgIpc) is 2.96. The first-order valence-corrected chi connectivity index (χ1v) is 8.50. The molecule has 2 heterocycles. The van der Waals surface area contributed by atoms with Crippen LogP contribution in [0, 0.1) is 0 Å². The number of aromatic nitrogens is 2. The highest BCUT2D eigenvalue weighted by Crippen LogP contribution is 2.29. The molecule has 0 aliphatic heterocycles. The van der Waals surface area contributed by atoms with Crippen molar-refractivity contribution in [2.45, 2.75) is 19.9 Å². The number of pyridine rings is 1. The lowest BCUT2D eigenvalue weighted by atomic mass is 10.1. The van der Waals surface area contributed by atoms with E-state index in [0.717, 1.165) is 16.6 Å². The van der Waals surface area contributed by atoms with E-state index >= 15 is 0 Å². The van der Waals surface area contributed by atoms with Crippen molar-refractivity contribution in [2.24, 2.45) is 7.05 Å². The standard InChI is InChI=1S/C19H21ClN4O/c1-12(2)24(4)19(25)16-11-21-18(15-8-9-23(3)17(15)16)22-14-7-5-6-13(20)10-14/h5-12H,1-4H3,(H,21,22). The molecule has 130 valence electrons. The quantitative estimate of drug-likeness (QED) is 0.751. The molecule has 0 radical (unpaired) electrons. The molecular weight excluding hydrogens is 336 g/mol. The maximum absolute atomic E-state index is 12.8. The first kappa shape index (κ1) is 17.3. The molecule has 0 atom stereocenters. The SMILES string of the molecule is CC(C)N(C)C(=O)c1cnc(Nc2cccc(Cl)c2)c2ccn(C)c12. The number of carbonyl (C=O) groups is 1. The highest BCUT2D eigenvalue weighted by Gasteiger charge is 2.20. The molecule has 0 bridgehead atoms. The molecule has 0 unspecified atom stereocenters. The number of aryl methyl sites for hydroxylation is 1. The third kappa shape index (κ3) is 3.33. The van der Waals surface area contributed by atoms with Gasteiger partial charge in [-0.2, -0.15) is 0 Å². The minimum Gasteiger partial charge on any atom is -0.350 e. The Morgan fingerprint density at radius 2 is 2.08 bits per heavy atom. The van der Waals surface area contributed by atoms with Gasteiger partial charge in [0.15, 0.2) is 0 Å². The number of anilines is 2. The molecule has 0 fully saturated rings. The predicted molar refractivity (Wildman–Crippen MR) is 103 cm³/mol. The van der Waals surface area contributed by atoms with E-state index in [9.17, 15) is 4.79 Å². The summed E-state index contributed by atoms with van der Waals surface area (Å²) in [5.41, 5.74) is 2.30. The van der Waals surface area contributed by atoms with Crippen LogP contribution in [-0.2, 0) is 7.05 Å². The van der Waals surface area contributed by atoms with E-state index in [1.807, 2.05) is 62.0 Å². The van der Waals surface area contributed by atoms with Crippen LogP contribution in [0.5, 0.6) is 0 Å². The van der Waals surface area contributed by atoms with Crippen molar-refractivity contribution in [3.05, 3.63) is 53.3 Å². The third-order valence-corrected chi connectivity index (χ3v) is 4.55. The zero-order chi connectivity index (χ0) is 18.1. The summed E-state index contributed by atoms with van der Waals surface area (Å²) in [5.74, 6) is 0.658. The van der Waals surface area contributed by atoms with Gasteiger partial charge in [-0.1, -0.05) is 17.7 Å². The lowest BCUT2D eigenvalue weighted by molar-refractivity contribution is 0.0756. The smallest absolute Gasteiger partial charge is 0.257 e. The van der Waals surface area contributed by atoms with Gasteiger partial charge in [-0.25, -0.2) is 4.98 Å². The zero-order valence-corrected chi connectivity index (χ0v) is 15.5. The Balaban J connectivity index is 2.07. The number of rotatable bonds is 4. The maximum atomic E-state index is 12.8. The van der Waals surface area contributed by atoms with Crippen LogP contribution < -0.4 is 5.32 Å². The van der Waals surface area contributed by atoms with Gasteiger partial charge in [0, 0.05) is 48.6 Å². The first-order chi connectivity index (χ1) is 11.9. The molecule has 1 N–H and O–H groups in total. The zero-order valence-electron chi connectivity index (χ0n) is 14.7. The molecule has 6 heteroatoms. The minimum atomic E-state index is -0.0383. The molecule has 3 aromatic rings. The summed E-state index contributed by atoms with van der Waals surface area (Å²) in [7, 11) is 3.73. The number of benzene rings is 1. The Kier molecular flexibility index (Phi) is 4.68. The fourth-order valence-corrected chi connectivity index (χ4v) is 2.89. The summed E-state index contributed by atoms with van der Waals surface area (Å²) in [4.78, 5) is 19.0. The number of halogens is 1. The first-order valence-electron chi connectivity index (χ1n) is 8.12. The number of carbonyl (C=O) groups excluding carboxylic acids is 1. The predicted octanol–water partition coefficient (Wildman–Crippen LogP) is 4.45. The van der Waals surface area contributed by atoms with Crippen LogP contribution in [-0.4, -0.2) is 33.4 Å². The van der Waals surface area contributed by atoms with Gasteiger partial charge in [-0.15, -0.1) is 0 Å². The second-order valence-electron chi connectivity index (χ2n) is 6.35. The molecule has 0 aliphatic carbocycles. The highest BCUT2D eigenvalue weighted by molar-refractivity contribution is 6.30. The van der Waals surface area contributed by atoms with Gasteiger partial charge in [0.05, 0.1) is 11.1 Å². The van der Waals surface area contributed by atoms with Crippen LogP contribution in [0.4, 0.5) is 11.5 Å².